The number of benzene rings is 3. The van der Waals surface area contributed by atoms with Gasteiger partial charge in [0.15, 0.2) is 0 Å². The zero-order valence-electron chi connectivity index (χ0n) is 16.3. The Hall–Kier alpha value is -1.90. The molecule has 0 aliphatic heterocycles. The van der Waals surface area contributed by atoms with Crippen molar-refractivity contribution in [3.63, 3.8) is 0 Å². The molecule has 0 bridgehead atoms. The molecule has 1 nitrogen and oxygen atoms in total. The monoisotopic (exact) mass is 497 g/mol. The second kappa shape index (κ2) is 9.07. The van der Waals surface area contributed by atoms with E-state index >= 15 is 0 Å². The first kappa shape index (κ1) is 20.8. The number of nitrogens with zero attached hydrogens (tertiary/aromatic N) is 1. The third-order valence-corrected chi connectivity index (χ3v) is 9.80. The lowest BCUT2D eigenvalue weighted by Crippen LogP contribution is -3.00. The van der Waals surface area contributed by atoms with Gasteiger partial charge in [-0.25, -0.2) is 0 Å². The molecule has 28 heavy (non-hydrogen) atoms. The maximum atomic E-state index is 2.34. The van der Waals surface area contributed by atoms with Crippen molar-refractivity contribution >= 4 is 23.2 Å². The van der Waals surface area contributed by atoms with Gasteiger partial charge < -0.3 is 28.5 Å². The normalized spacial score (nSPS) is 11.1. The minimum absolute atomic E-state index is 0. The van der Waals surface area contributed by atoms with Crippen LogP contribution in [0.4, 0.5) is 0 Å². The SMILES string of the molecule is Cc1ccc(C[P+](c2ccccc2)(c2ccccc2)c2ccccc2)n1C.[I-]. The molecule has 0 fully saturated rings. The predicted molar refractivity (Wildman–Crippen MR) is 119 cm³/mol. The molecule has 0 radical (unpaired) electrons. The molecule has 3 aromatic carbocycles. The average Bonchev–Trinajstić information content (AvgIpc) is 3.06. The quantitative estimate of drug-likeness (QED) is 0.293. The fraction of sp³-hybridized carbons (Fsp3) is 0.120. The minimum Gasteiger partial charge on any atom is -1.00 e. The molecular weight excluding hydrogens is 472 g/mol. The van der Waals surface area contributed by atoms with Gasteiger partial charge in [-0.2, -0.15) is 0 Å². The van der Waals surface area contributed by atoms with Crippen LogP contribution >= 0.6 is 7.26 Å². The van der Waals surface area contributed by atoms with Crippen LogP contribution in [0.2, 0.25) is 0 Å². The average molecular weight is 497 g/mol. The second-order valence-electron chi connectivity index (χ2n) is 7.00. The molecule has 0 saturated carbocycles. The number of halogens is 1. The number of aryl methyl sites for hydroxylation is 1. The molecule has 0 spiro atoms. The van der Waals surface area contributed by atoms with Crippen LogP contribution in [0, 0.1) is 6.92 Å². The Kier molecular flexibility index (Phi) is 6.74. The zero-order valence-corrected chi connectivity index (χ0v) is 19.3. The van der Waals surface area contributed by atoms with E-state index in [9.17, 15) is 0 Å². The number of aromatic nitrogens is 1. The summed E-state index contributed by atoms with van der Waals surface area (Å²) >= 11 is 0. The van der Waals surface area contributed by atoms with Gasteiger partial charge in [0.2, 0.25) is 0 Å². The van der Waals surface area contributed by atoms with E-state index in [-0.39, 0.29) is 24.0 Å². The van der Waals surface area contributed by atoms with Crippen LogP contribution in [0.1, 0.15) is 11.4 Å². The van der Waals surface area contributed by atoms with E-state index in [0.717, 1.165) is 6.16 Å². The lowest BCUT2D eigenvalue weighted by atomic mass is 10.3. The number of hydrogen-bond donors (Lipinski definition) is 0. The van der Waals surface area contributed by atoms with Gasteiger partial charge in [0.25, 0.3) is 0 Å². The molecule has 0 unspecified atom stereocenters. The molecule has 1 heterocycles. The first-order valence-corrected chi connectivity index (χ1v) is 11.4. The predicted octanol–water partition coefficient (Wildman–Crippen LogP) is 1.83. The molecule has 1 aromatic heterocycles. The Morgan fingerprint density at radius 1 is 0.607 bits per heavy atom. The van der Waals surface area contributed by atoms with Crippen molar-refractivity contribution in [2.75, 3.05) is 0 Å². The van der Waals surface area contributed by atoms with E-state index in [1.165, 1.54) is 27.3 Å². The number of rotatable bonds is 5. The highest BCUT2D eigenvalue weighted by molar-refractivity contribution is 7.95. The maximum absolute atomic E-state index is 2.34. The molecule has 0 amide bonds. The van der Waals surface area contributed by atoms with Crippen LogP contribution in [0.15, 0.2) is 103 Å². The minimum atomic E-state index is -1.81. The fourth-order valence-electron chi connectivity index (χ4n) is 3.84. The first-order valence-electron chi connectivity index (χ1n) is 9.38. The third kappa shape index (κ3) is 3.81. The van der Waals surface area contributed by atoms with Crippen molar-refractivity contribution in [3.8, 4) is 0 Å². The molecular formula is C25H25INP. The summed E-state index contributed by atoms with van der Waals surface area (Å²) in [5, 5.41) is 4.30. The smallest absolute Gasteiger partial charge is 0.118 e. The van der Waals surface area contributed by atoms with Crippen molar-refractivity contribution in [2.45, 2.75) is 13.1 Å². The zero-order chi connectivity index (χ0) is 18.7. The summed E-state index contributed by atoms with van der Waals surface area (Å²) in [6, 6.07) is 37.7. The van der Waals surface area contributed by atoms with Gasteiger partial charge in [0, 0.05) is 12.7 Å². The van der Waals surface area contributed by atoms with E-state index < -0.39 is 7.26 Å². The molecule has 0 saturated heterocycles. The molecule has 0 aliphatic rings. The van der Waals surface area contributed by atoms with Crippen molar-refractivity contribution < 1.29 is 24.0 Å². The van der Waals surface area contributed by atoms with E-state index in [1.54, 1.807) is 0 Å². The summed E-state index contributed by atoms with van der Waals surface area (Å²) in [5.41, 5.74) is 2.69. The molecule has 0 aliphatic carbocycles. The van der Waals surface area contributed by atoms with E-state index in [2.05, 4.69) is 122 Å². The van der Waals surface area contributed by atoms with Crippen molar-refractivity contribution in [1.82, 2.24) is 4.57 Å². The largest absolute Gasteiger partial charge is 1.00 e. The van der Waals surface area contributed by atoms with Gasteiger partial charge in [-0.15, -0.1) is 0 Å². The summed E-state index contributed by atoms with van der Waals surface area (Å²) in [5.74, 6) is 0. The first-order chi connectivity index (χ1) is 13.2. The lowest BCUT2D eigenvalue weighted by Gasteiger charge is -2.28. The maximum Gasteiger partial charge on any atom is 0.118 e. The third-order valence-electron chi connectivity index (χ3n) is 5.47. The Morgan fingerprint density at radius 2 is 1.00 bits per heavy atom. The standard InChI is InChI=1S/C25H25NP.HI/c1-21-18-19-22(26(21)2)20-27(23-12-6-3-7-13-23,24-14-8-4-9-15-24)25-16-10-5-11-17-25;/h3-19H,20H2,1-2H3;1H/q+1;/p-1. The van der Waals surface area contributed by atoms with E-state index in [1.807, 2.05) is 0 Å². The van der Waals surface area contributed by atoms with Gasteiger partial charge in [-0.3, -0.25) is 0 Å². The van der Waals surface area contributed by atoms with Gasteiger partial charge in [-0.05, 0) is 55.5 Å². The Balaban J connectivity index is 0.00000225. The topological polar surface area (TPSA) is 4.93 Å². The van der Waals surface area contributed by atoms with Crippen LogP contribution in [0.5, 0.6) is 0 Å². The summed E-state index contributed by atoms with van der Waals surface area (Å²) in [6.45, 7) is 2.18. The Bertz CT molecular complexity index is 914. The molecule has 4 aromatic rings. The second-order valence-corrected chi connectivity index (χ2v) is 10.5. The summed E-state index contributed by atoms with van der Waals surface area (Å²) < 4.78 is 2.34. The van der Waals surface area contributed by atoms with E-state index in [4.69, 9.17) is 0 Å². The Morgan fingerprint density at radius 3 is 1.32 bits per heavy atom. The highest BCUT2D eigenvalue weighted by atomic mass is 127. The molecule has 3 heteroatoms. The van der Waals surface area contributed by atoms with Crippen molar-refractivity contribution in [1.29, 1.82) is 0 Å². The van der Waals surface area contributed by atoms with Crippen molar-refractivity contribution in [2.24, 2.45) is 7.05 Å². The summed E-state index contributed by atoms with van der Waals surface area (Å²) in [7, 11) is 0.371. The molecule has 0 atom stereocenters. The van der Waals surface area contributed by atoms with Gasteiger partial charge >= 0.3 is 0 Å². The van der Waals surface area contributed by atoms with Gasteiger partial charge in [0.05, 0.1) is 5.69 Å². The lowest BCUT2D eigenvalue weighted by molar-refractivity contribution is -0.00000543. The fourth-order valence-corrected chi connectivity index (χ4v) is 8.13. The van der Waals surface area contributed by atoms with Crippen LogP contribution in [-0.4, -0.2) is 4.57 Å². The van der Waals surface area contributed by atoms with Crippen LogP contribution in [-0.2, 0) is 13.2 Å². The summed E-state index contributed by atoms with van der Waals surface area (Å²) in [4.78, 5) is 0. The molecule has 142 valence electrons. The van der Waals surface area contributed by atoms with Crippen LogP contribution in [0.25, 0.3) is 0 Å². The number of hydrogen-bond acceptors (Lipinski definition) is 0. The van der Waals surface area contributed by atoms with Gasteiger partial charge in [0.1, 0.15) is 29.3 Å². The highest BCUT2D eigenvalue weighted by Gasteiger charge is 2.45. The van der Waals surface area contributed by atoms with E-state index in [0.29, 0.717) is 0 Å². The molecule has 4 rings (SSSR count). The van der Waals surface area contributed by atoms with Crippen LogP contribution < -0.4 is 39.9 Å². The molecule has 0 N–H and O–H groups in total. The highest BCUT2D eigenvalue weighted by Crippen LogP contribution is 2.58. The van der Waals surface area contributed by atoms with Gasteiger partial charge in [-0.1, -0.05) is 54.6 Å². The van der Waals surface area contributed by atoms with Crippen molar-refractivity contribution in [3.05, 3.63) is 115 Å². The van der Waals surface area contributed by atoms with Crippen LogP contribution in [0.3, 0.4) is 0 Å². The Labute approximate surface area is 185 Å². The summed E-state index contributed by atoms with van der Waals surface area (Å²) in [6.07, 6.45) is 1.02.